The highest BCUT2D eigenvalue weighted by Gasteiger charge is 2.15. The molecule has 1 aliphatic heterocycles. The highest BCUT2D eigenvalue weighted by Crippen LogP contribution is 2.23. The first-order valence-corrected chi connectivity index (χ1v) is 8.48. The number of nitrogens with zero attached hydrogens (tertiary/aromatic N) is 2. The van der Waals surface area contributed by atoms with Gasteiger partial charge in [0, 0.05) is 37.5 Å². The van der Waals surface area contributed by atoms with Crippen LogP contribution >= 0.6 is 11.6 Å². The van der Waals surface area contributed by atoms with Crippen molar-refractivity contribution in [1.29, 1.82) is 0 Å². The summed E-state index contributed by atoms with van der Waals surface area (Å²) in [5, 5.41) is 13.6. The molecule has 2 aromatic rings. The molecule has 1 saturated heterocycles. The lowest BCUT2D eigenvalue weighted by molar-refractivity contribution is -0.384. The largest absolute Gasteiger partial charge is 0.372 e. The number of carbonyl (C=O) groups is 1. The van der Waals surface area contributed by atoms with Crippen LogP contribution in [0.4, 0.5) is 11.4 Å². The molecule has 0 atom stereocenters. The van der Waals surface area contributed by atoms with Gasteiger partial charge in [-0.3, -0.25) is 14.9 Å². The van der Waals surface area contributed by atoms with Crippen LogP contribution in [0.1, 0.15) is 28.8 Å². The van der Waals surface area contributed by atoms with Crippen LogP contribution in [0.15, 0.2) is 42.5 Å². The molecule has 1 heterocycles. The van der Waals surface area contributed by atoms with E-state index in [4.69, 9.17) is 11.6 Å². The second-order valence-corrected chi connectivity index (χ2v) is 6.37. The molecular weight excluding hydrogens is 342 g/mol. The number of anilines is 1. The summed E-state index contributed by atoms with van der Waals surface area (Å²) in [4.78, 5) is 24.7. The normalized spacial score (nSPS) is 13.7. The van der Waals surface area contributed by atoms with Gasteiger partial charge in [0.05, 0.1) is 15.5 Å². The van der Waals surface area contributed by atoms with E-state index in [0.29, 0.717) is 6.54 Å². The monoisotopic (exact) mass is 359 g/mol. The molecule has 7 heteroatoms. The van der Waals surface area contributed by atoms with Crippen molar-refractivity contribution in [2.24, 2.45) is 0 Å². The lowest BCUT2D eigenvalue weighted by Gasteiger charge is -2.17. The number of benzene rings is 2. The first-order chi connectivity index (χ1) is 12.0. The highest BCUT2D eigenvalue weighted by atomic mass is 35.5. The van der Waals surface area contributed by atoms with Gasteiger partial charge in [0.25, 0.3) is 11.6 Å². The summed E-state index contributed by atoms with van der Waals surface area (Å²) in [5.74, 6) is -0.358. The van der Waals surface area contributed by atoms with E-state index in [2.05, 4.69) is 22.3 Å². The molecule has 0 bridgehead atoms. The van der Waals surface area contributed by atoms with Gasteiger partial charge in [0.15, 0.2) is 0 Å². The molecule has 6 nitrogen and oxygen atoms in total. The van der Waals surface area contributed by atoms with Gasteiger partial charge in [-0.25, -0.2) is 0 Å². The Morgan fingerprint density at radius 3 is 2.44 bits per heavy atom. The Kier molecular flexibility index (Phi) is 5.19. The van der Waals surface area contributed by atoms with Crippen LogP contribution in [0.25, 0.3) is 0 Å². The summed E-state index contributed by atoms with van der Waals surface area (Å²) >= 11 is 5.97. The van der Waals surface area contributed by atoms with Crippen molar-refractivity contribution in [2.75, 3.05) is 18.0 Å². The van der Waals surface area contributed by atoms with Gasteiger partial charge < -0.3 is 10.2 Å². The molecule has 0 spiro atoms. The Hall–Kier alpha value is -2.60. The predicted molar refractivity (Wildman–Crippen MR) is 97.2 cm³/mol. The molecule has 0 aliphatic carbocycles. The molecule has 0 unspecified atom stereocenters. The lowest BCUT2D eigenvalue weighted by Crippen LogP contribution is -2.23. The summed E-state index contributed by atoms with van der Waals surface area (Å²) in [7, 11) is 0. The number of nitro benzene ring substituents is 1. The van der Waals surface area contributed by atoms with Crippen molar-refractivity contribution in [3.8, 4) is 0 Å². The van der Waals surface area contributed by atoms with Crippen LogP contribution in [0.3, 0.4) is 0 Å². The first-order valence-electron chi connectivity index (χ1n) is 8.10. The molecule has 3 rings (SSSR count). The van der Waals surface area contributed by atoms with Gasteiger partial charge in [-0.2, -0.15) is 0 Å². The molecule has 130 valence electrons. The summed E-state index contributed by atoms with van der Waals surface area (Å²) in [6.07, 6.45) is 2.46. The summed E-state index contributed by atoms with van der Waals surface area (Å²) < 4.78 is 0. The van der Waals surface area contributed by atoms with E-state index in [-0.39, 0.29) is 22.2 Å². The van der Waals surface area contributed by atoms with E-state index in [1.54, 1.807) is 0 Å². The first kappa shape index (κ1) is 17.2. The fourth-order valence-corrected chi connectivity index (χ4v) is 3.14. The minimum absolute atomic E-state index is 0.0658. The molecule has 25 heavy (non-hydrogen) atoms. The van der Waals surface area contributed by atoms with E-state index >= 15 is 0 Å². The van der Waals surface area contributed by atoms with Crippen LogP contribution in [-0.4, -0.2) is 23.9 Å². The van der Waals surface area contributed by atoms with Crippen LogP contribution < -0.4 is 10.2 Å². The Morgan fingerprint density at radius 2 is 1.84 bits per heavy atom. The number of carbonyl (C=O) groups excluding carboxylic acids is 1. The molecule has 0 saturated carbocycles. The second-order valence-electron chi connectivity index (χ2n) is 5.96. The fraction of sp³-hybridized carbons (Fsp3) is 0.278. The van der Waals surface area contributed by atoms with E-state index < -0.39 is 4.92 Å². The topological polar surface area (TPSA) is 75.5 Å². The number of amides is 1. The molecular formula is C18H18ClN3O3. The van der Waals surface area contributed by atoms with Gasteiger partial charge >= 0.3 is 0 Å². The predicted octanol–water partition coefficient (Wildman–Crippen LogP) is 3.78. The number of nitro groups is 1. The molecule has 0 radical (unpaired) electrons. The maximum absolute atomic E-state index is 12.2. The Bertz CT molecular complexity index is 787. The van der Waals surface area contributed by atoms with Gasteiger partial charge in [-0.15, -0.1) is 0 Å². The van der Waals surface area contributed by atoms with Crippen molar-refractivity contribution in [1.82, 2.24) is 5.32 Å². The third-order valence-corrected chi connectivity index (χ3v) is 4.58. The maximum Gasteiger partial charge on any atom is 0.270 e. The summed E-state index contributed by atoms with van der Waals surface area (Å²) in [5.41, 5.74) is 2.26. The summed E-state index contributed by atoms with van der Waals surface area (Å²) in [6, 6.07) is 11.9. The Labute approximate surface area is 150 Å². The van der Waals surface area contributed by atoms with Crippen molar-refractivity contribution in [3.63, 3.8) is 0 Å². The highest BCUT2D eigenvalue weighted by molar-refractivity contribution is 6.34. The zero-order chi connectivity index (χ0) is 17.8. The van der Waals surface area contributed by atoms with Gasteiger partial charge in [-0.05, 0) is 36.6 Å². The quantitative estimate of drug-likeness (QED) is 0.651. The van der Waals surface area contributed by atoms with E-state index in [0.717, 1.165) is 18.7 Å². The maximum atomic E-state index is 12.2. The van der Waals surface area contributed by atoms with Crippen LogP contribution in [0.2, 0.25) is 5.02 Å². The minimum Gasteiger partial charge on any atom is -0.372 e. The van der Waals surface area contributed by atoms with Crippen LogP contribution in [-0.2, 0) is 6.54 Å². The van der Waals surface area contributed by atoms with E-state index in [1.807, 2.05) is 12.1 Å². The average molecular weight is 360 g/mol. The Morgan fingerprint density at radius 1 is 1.16 bits per heavy atom. The zero-order valence-corrected chi connectivity index (χ0v) is 14.3. The van der Waals surface area contributed by atoms with Crippen molar-refractivity contribution in [2.45, 2.75) is 19.4 Å². The SMILES string of the molecule is O=C(NCc1ccc(N2CCCC2)cc1)c1ccc([N+](=O)[O-])cc1Cl. The van der Waals surface area contributed by atoms with Gasteiger partial charge in [0.1, 0.15) is 0 Å². The third kappa shape index (κ3) is 4.09. The van der Waals surface area contributed by atoms with E-state index in [1.165, 1.54) is 36.7 Å². The lowest BCUT2D eigenvalue weighted by atomic mass is 10.1. The Balaban J connectivity index is 1.61. The van der Waals surface area contributed by atoms with Crippen LogP contribution in [0.5, 0.6) is 0 Å². The zero-order valence-electron chi connectivity index (χ0n) is 13.6. The average Bonchev–Trinajstić information content (AvgIpc) is 3.14. The molecule has 0 aromatic heterocycles. The molecule has 1 fully saturated rings. The minimum atomic E-state index is -0.546. The van der Waals surface area contributed by atoms with Crippen LogP contribution in [0, 0.1) is 10.1 Å². The standard InChI is InChI=1S/C18H18ClN3O3/c19-17-11-15(22(24)25)7-8-16(17)18(23)20-12-13-3-5-14(6-4-13)21-9-1-2-10-21/h3-8,11H,1-2,9-10,12H2,(H,20,23). The van der Waals surface area contributed by atoms with Crippen molar-refractivity contribution in [3.05, 3.63) is 68.7 Å². The van der Waals surface area contributed by atoms with Gasteiger partial charge in [0.2, 0.25) is 0 Å². The molecule has 2 aromatic carbocycles. The number of non-ortho nitro benzene ring substituents is 1. The third-order valence-electron chi connectivity index (χ3n) is 4.27. The number of halogens is 1. The van der Waals surface area contributed by atoms with Gasteiger partial charge in [-0.1, -0.05) is 23.7 Å². The smallest absolute Gasteiger partial charge is 0.270 e. The number of hydrogen-bond acceptors (Lipinski definition) is 4. The second kappa shape index (κ2) is 7.53. The van der Waals surface area contributed by atoms with E-state index in [9.17, 15) is 14.9 Å². The number of hydrogen-bond donors (Lipinski definition) is 1. The molecule has 1 aliphatic rings. The fourth-order valence-electron chi connectivity index (χ4n) is 2.88. The number of nitrogens with one attached hydrogen (secondary N) is 1. The summed E-state index contributed by atoms with van der Waals surface area (Å²) in [6.45, 7) is 2.55. The number of rotatable bonds is 5. The molecule has 1 amide bonds. The molecule has 1 N–H and O–H groups in total. The van der Waals surface area contributed by atoms with Crippen molar-refractivity contribution >= 4 is 28.9 Å². The van der Waals surface area contributed by atoms with Crippen molar-refractivity contribution < 1.29 is 9.72 Å².